The minimum Gasteiger partial charge on any atom is -0.378 e. The lowest BCUT2D eigenvalue weighted by atomic mass is 9.94. The summed E-state index contributed by atoms with van der Waals surface area (Å²) in [6.45, 7) is 8.55. The number of nitrogens with one attached hydrogen (secondary N) is 1. The zero-order valence-electron chi connectivity index (χ0n) is 12.5. The van der Waals surface area contributed by atoms with Crippen molar-refractivity contribution < 1.29 is 4.74 Å². The summed E-state index contributed by atoms with van der Waals surface area (Å²) >= 11 is 0. The monoisotopic (exact) mass is 261 g/mol. The van der Waals surface area contributed by atoms with Gasteiger partial charge in [0.05, 0.1) is 6.10 Å². The van der Waals surface area contributed by atoms with E-state index in [0.29, 0.717) is 12.1 Å². The molecule has 1 fully saturated rings. The molecule has 1 saturated heterocycles. The van der Waals surface area contributed by atoms with Crippen LogP contribution in [0.15, 0.2) is 18.2 Å². The normalized spacial score (nSPS) is 20.7. The smallest absolute Gasteiger partial charge is 0.0576 e. The number of hydrogen-bond donors (Lipinski definition) is 1. The van der Waals surface area contributed by atoms with E-state index in [-0.39, 0.29) is 0 Å². The number of ether oxygens (including phenoxy) is 1. The van der Waals surface area contributed by atoms with Crippen LogP contribution in [0.25, 0.3) is 0 Å². The van der Waals surface area contributed by atoms with Gasteiger partial charge in [-0.05, 0) is 57.2 Å². The first-order chi connectivity index (χ1) is 9.20. The number of aryl methyl sites for hydroxylation is 2. The van der Waals surface area contributed by atoms with Crippen LogP contribution in [0.2, 0.25) is 0 Å². The third-order valence-electron chi connectivity index (χ3n) is 4.06. The van der Waals surface area contributed by atoms with Gasteiger partial charge in [0.15, 0.2) is 0 Å². The second kappa shape index (κ2) is 7.06. The maximum absolute atomic E-state index is 5.74. The van der Waals surface area contributed by atoms with E-state index in [1.165, 1.54) is 42.4 Å². The van der Waals surface area contributed by atoms with Gasteiger partial charge in [-0.1, -0.05) is 30.7 Å². The molecule has 0 aliphatic carbocycles. The van der Waals surface area contributed by atoms with Gasteiger partial charge in [0.25, 0.3) is 0 Å². The van der Waals surface area contributed by atoms with Crippen LogP contribution >= 0.6 is 0 Å². The molecule has 1 heterocycles. The minimum absolute atomic E-state index is 0.467. The molecule has 2 atom stereocenters. The van der Waals surface area contributed by atoms with Crippen molar-refractivity contribution in [1.29, 1.82) is 0 Å². The fraction of sp³-hybridized carbons (Fsp3) is 0.647. The van der Waals surface area contributed by atoms with Crippen LogP contribution in [0.3, 0.4) is 0 Å². The average Bonchev–Trinajstić information content (AvgIpc) is 2.91. The Labute approximate surface area is 117 Å². The second-order valence-corrected chi connectivity index (χ2v) is 5.68. The van der Waals surface area contributed by atoms with Gasteiger partial charge in [-0.2, -0.15) is 0 Å². The molecular weight excluding hydrogens is 234 g/mol. The predicted molar refractivity (Wildman–Crippen MR) is 80.5 cm³/mol. The molecule has 0 radical (unpaired) electrons. The summed E-state index contributed by atoms with van der Waals surface area (Å²) in [5, 5.41) is 3.64. The van der Waals surface area contributed by atoms with Crippen molar-refractivity contribution in [2.75, 3.05) is 13.2 Å². The second-order valence-electron chi connectivity index (χ2n) is 5.68. The molecule has 0 amide bonds. The highest BCUT2D eigenvalue weighted by Crippen LogP contribution is 2.26. The van der Waals surface area contributed by atoms with Crippen molar-refractivity contribution in [2.24, 2.45) is 0 Å². The highest BCUT2D eigenvalue weighted by molar-refractivity contribution is 5.33. The van der Waals surface area contributed by atoms with E-state index in [9.17, 15) is 0 Å². The Balaban J connectivity index is 2.03. The van der Waals surface area contributed by atoms with Crippen molar-refractivity contribution in [3.8, 4) is 0 Å². The summed E-state index contributed by atoms with van der Waals surface area (Å²) in [5.41, 5.74) is 4.20. The predicted octanol–water partition coefficient (Wildman–Crippen LogP) is 3.91. The fourth-order valence-electron chi connectivity index (χ4n) is 2.97. The van der Waals surface area contributed by atoms with E-state index in [0.717, 1.165) is 13.2 Å². The van der Waals surface area contributed by atoms with Crippen LogP contribution in [0.1, 0.15) is 55.3 Å². The SMILES string of the molecule is CCNC(CCC1CCCO1)c1cc(C)ccc1C. The maximum atomic E-state index is 5.74. The van der Waals surface area contributed by atoms with Gasteiger partial charge in [-0.3, -0.25) is 0 Å². The lowest BCUT2D eigenvalue weighted by molar-refractivity contribution is 0.0996. The molecule has 0 saturated carbocycles. The van der Waals surface area contributed by atoms with Crippen LogP contribution < -0.4 is 5.32 Å². The number of benzene rings is 1. The molecule has 0 bridgehead atoms. The maximum Gasteiger partial charge on any atom is 0.0576 e. The fourth-order valence-corrected chi connectivity index (χ4v) is 2.97. The van der Waals surface area contributed by atoms with Crippen LogP contribution in [-0.2, 0) is 4.74 Å². The van der Waals surface area contributed by atoms with Gasteiger partial charge in [0.2, 0.25) is 0 Å². The molecule has 106 valence electrons. The zero-order valence-corrected chi connectivity index (χ0v) is 12.5. The van der Waals surface area contributed by atoms with Gasteiger partial charge < -0.3 is 10.1 Å². The van der Waals surface area contributed by atoms with E-state index in [1.54, 1.807) is 0 Å². The van der Waals surface area contributed by atoms with Gasteiger partial charge in [0.1, 0.15) is 0 Å². The first kappa shape index (κ1) is 14.5. The van der Waals surface area contributed by atoms with E-state index >= 15 is 0 Å². The van der Waals surface area contributed by atoms with Crippen LogP contribution in [0.5, 0.6) is 0 Å². The van der Waals surface area contributed by atoms with Gasteiger partial charge >= 0.3 is 0 Å². The summed E-state index contributed by atoms with van der Waals surface area (Å²) in [5.74, 6) is 0. The molecule has 19 heavy (non-hydrogen) atoms. The molecule has 2 rings (SSSR count). The van der Waals surface area contributed by atoms with Gasteiger partial charge in [-0.15, -0.1) is 0 Å². The Kier molecular flexibility index (Phi) is 5.41. The number of hydrogen-bond acceptors (Lipinski definition) is 2. The molecule has 1 aromatic carbocycles. The Morgan fingerprint density at radius 3 is 2.89 bits per heavy atom. The van der Waals surface area contributed by atoms with Crippen molar-refractivity contribution in [1.82, 2.24) is 5.32 Å². The highest BCUT2D eigenvalue weighted by Gasteiger charge is 2.19. The van der Waals surface area contributed by atoms with Crippen LogP contribution in [0.4, 0.5) is 0 Å². The number of rotatable bonds is 6. The Bertz CT molecular complexity index is 396. The van der Waals surface area contributed by atoms with Crippen molar-refractivity contribution in [3.05, 3.63) is 34.9 Å². The van der Waals surface area contributed by atoms with E-state index < -0.39 is 0 Å². The topological polar surface area (TPSA) is 21.3 Å². The molecule has 0 aromatic heterocycles. The third kappa shape index (κ3) is 4.05. The van der Waals surface area contributed by atoms with Gasteiger partial charge in [0, 0.05) is 12.6 Å². The van der Waals surface area contributed by atoms with Crippen molar-refractivity contribution in [3.63, 3.8) is 0 Å². The summed E-state index contributed by atoms with van der Waals surface area (Å²) in [4.78, 5) is 0. The summed E-state index contributed by atoms with van der Waals surface area (Å²) in [7, 11) is 0. The lowest BCUT2D eigenvalue weighted by Crippen LogP contribution is -2.23. The first-order valence-corrected chi connectivity index (χ1v) is 7.63. The summed E-state index contributed by atoms with van der Waals surface area (Å²) < 4.78 is 5.74. The molecule has 1 N–H and O–H groups in total. The Hall–Kier alpha value is -0.860. The largest absolute Gasteiger partial charge is 0.378 e. The van der Waals surface area contributed by atoms with E-state index in [1.807, 2.05) is 0 Å². The summed E-state index contributed by atoms with van der Waals surface area (Å²) in [6.07, 6.45) is 5.31. The molecule has 2 nitrogen and oxygen atoms in total. The van der Waals surface area contributed by atoms with Gasteiger partial charge in [-0.25, -0.2) is 0 Å². The molecule has 0 spiro atoms. The minimum atomic E-state index is 0.467. The van der Waals surface area contributed by atoms with Crippen LogP contribution in [0, 0.1) is 13.8 Å². The summed E-state index contributed by atoms with van der Waals surface area (Å²) in [6, 6.07) is 7.23. The average molecular weight is 261 g/mol. The first-order valence-electron chi connectivity index (χ1n) is 7.63. The molecule has 1 aromatic rings. The van der Waals surface area contributed by atoms with Crippen molar-refractivity contribution in [2.45, 2.75) is 58.6 Å². The van der Waals surface area contributed by atoms with E-state index in [4.69, 9.17) is 4.74 Å². The Morgan fingerprint density at radius 1 is 1.37 bits per heavy atom. The Morgan fingerprint density at radius 2 is 2.21 bits per heavy atom. The standard InChI is InChI=1S/C17H27NO/c1-4-18-17(10-9-15-6-5-11-19-15)16-12-13(2)7-8-14(16)3/h7-8,12,15,17-18H,4-6,9-11H2,1-3H3. The third-order valence-corrected chi connectivity index (χ3v) is 4.06. The zero-order chi connectivity index (χ0) is 13.7. The molecule has 1 aliphatic rings. The lowest BCUT2D eigenvalue weighted by Gasteiger charge is -2.22. The highest BCUT2D eigenvalue weighted by atomic mass is 16.5. The molecule has 2 unspecified atom stereocenters. The molecular formula is C17H27NO. The van der Waals surface area contributed by atoms with Crippen molar-refractivity contribution >= 4 is 0 Å². The molecule has 2 heteroatoms. The quantitative estimate of drug-likeness (QED) is 0.838. The van der Waals surface area contributed by atoms with E-state index in [2.05, 4.69) is 44.3 Å². The molecule has 1 aliphatic heterocycles. The van der Waals surface area contributed by atoms with Crippen LogP contribution in [-0.4, -0.2) is 19.3 Å².